The van der Waals surface area contributed by atoms with E-state index in [2.05, 4.69) is 5.32 Å². The van der Waals surface area contributed by atoms with Crippen LogP contribution in [-0.2, 0) is 0 Å². The van der Waals surface area contributed by atoms with E-state index < -0.39 is 0 Å². The van der Waals surface area contributed by atoms with E-state index in [0.29, 0.717) is 11.6 Å². The number of carbonyl (C=O) groups is 1. The van der Waals surface area contributed by atoms with Gasteiger partial charge in [0.1, 0.15) is 5.76 Å². The third-order valence-corrected chi connectivity index (χ3v) is 3.92. The summed E-state index contributed by atoms with van der Waals surface area (Å²) in [5, 5.41) is 3.05. The van der Waals surface area contributed by atoms with Crippen LogP contribution < -0.4 is 5.32 Å². The molecule has 0 unspecified atom stereocenters. The fourth-order valence-electron chi connectivity index (χ4n) is 2.38. The first-order chi connectivity index (χ1) is 8.15. The zero-order valence-corrected chi connectivity index (χ0v) is 10.8. The fraction of sp³-hybridized carbons (Fsp3) is 0.615. The highest BCUT2D eigenvalue weighted by atomic mass is 35.5. The number of nitrogens with one attached hydrogen (secondary N) is 1. The highest BCUT2D eigenvalue weighted by Crippen LogP contribution is 2.29. The molecule has 17 heavy (non-hydrogen) atoms. The molecule has 0 saturated heterocycles. The maximum atomic E-state index is 12.0. The van der Waals surface area contributed by atoms with Crippen LogP contribution in [0.25, 0.3) is 0 Å². The van der Waals surface area contributed by atoms with Crippen molar-refractivity contribution < 1.29 is 9.21 Å². The van der Waals surface area contributed by atoms with Crippen LogP contribution in [-0.4, -0.2) is 17.3 Å². The molecule has 1 N–H and O–H groups in total. The Bertz CT molecular complexity index is 394. The summed E-state index contributed by atoms with van der Waals surface area (Å²) in [6, 6.07) is 3.50. The number of furan rings is 1. The molecule has 3 nitrogen and oxygen atoms in total. The second-order valence-corrected chi connectivity index (χ2v) is 5.11. The standard InChI is InChI=1S/C13H18ClNO2/c1-10-5-6-11(17-10)12(16)15-13(9-14)7-3-2-4-8-13/h5-6H,2-4,7-9H2,1H3,(H,15,16). The minimum absolute atomic E-state index is 0.152. The second kappa shape index (κ2) is 5.13. The number of rotatable bonds is 3. The number of amides is 1. The summed E-state index contributed by atoms with van der Waals surface area (Å²) in [6.45, 7) is 1.83. The van der Waals surface area contributed by atoms with Gasteiger partial charge in [0.15, 0.2) is 5.76 Å². The Hall–Kier alpha value is -0.960. The normalized spacial score (nSPS) is 18.9. The van der Waals surface area contributed by atoms with Gasteiger partial charge in [-0.2, -0.15) is 0 Å². The van der Waals surface area contributed by atoms with Gasteiger partial charge in [-0.1, -0.05) is 19.3 Å². The lowest BCUT2D eigenvalue weighted by Crippen LogP contribution is -2.51. The van der Waals surface area contributed by atoms with Gasteiger partial charge in [0.05, 0.1) is 5.54 Å². The van der Waals surface area contributed by atoms with Crippen LogP contribution >= 0.6 is 11.6 Å². The predicted octanol–water partition coefficient (Wildman–Crippen LogP) is 3.26. The van der Waals surface area contributed by atoms with Gasteiger partial charge in [0, 0.05) is 5.88 Å². The number of aryl methyl sites for hydroxylation is 1. The van der Waals surface area contributed by atoms with E-state index in [9.17, 15) is 4.79 Å². The van der Waals surface area contributed by atoms with E-state index in [0.717, 1.165) is 31.4 Å². The van der Waals surface area contributed by atoms with Gasteiger partial charge < -0.3 is 9.73 Å². The van der Waals surface area contributed by atoms with Crippen molar-refractivity contribution in [2.45, 2.75) is 44.6 Å². The molecule has 1 heterocycles. The second-order valence-electron chi connectivity index (χ2n) is 4.84. The van der Waals surface area contributed by atoms with Crippen LogP contribution in [0.4, 0.5) is 0 Å². The van der Waals surface area contributed by atoms with Crippen molar-refractivity contribution in [1.82, 2.24) is 5.32 Å². The molecule has 1 aliphatic rings. The van der Waals surface area contributed by atoms with E-state index >= 15 is 0 Å². The van der Waals surface area contributed by atoms with Crippen LogP contribution in [0.15, 0.2) is 16.5 Å². The van der Waals surface area contributed by atoms with Crippen molar-refractivity contribution in [3.8, 4) is 0 Å². The smallest absolute Gasteiger partial charge is 0.287 e. The molecule has 0 spiro atoms. The number of hydrogen-bond donors (Lipinski definition) is 1. The number of halogens is 1. The van der Waals surface area contributed by atoms with Gasteiger partial charge in [0.2, 0.25) is 0 Å². The van der Waals surface area contributed by atoms with Crippen molar-refractivity contribution in [2.75, 3.05) is 5.88 Å². The van der Waals surface area contributed by atoms with Gasteiger partial charge >= 0.3 is 0 Å². The van der Waals surface area contributed by atoms with Gasteiger partial charge in [-0.15, -0.1) is 11.6 Å². The minimum atomic E-state index is -0.239. The largest absolute Gasteiger partial charge is 0.456 e. The Morgan fingerprint density at radius 3 is 2.65 bits per heavy atom. The van der Waals surface area contributed by atoms with E-state index in [4.69, 9.17) is 16.0 Å². The maximum Gasteiger partial charge on any atom is 0.287 e. The Balaban J connectivity index is 2.05. The van der Waals surface area contributed by atoms with E-state index in [1.54, 1.807) is 12.1 Å². The van der Waals surface area contributed by atoms with E-state index in [1.165, 1.54) is 6.42 Å². The minimum Gasteiger partial charge on any atom is -0.456 e. The molecular weight excluding hydrogens is 238 g/mol. The lowest BCUT2D eigenvalue weighted by atomic mass is 9.83. The summed E-state index contributed by atoms with van der Waals surface area (Å²) in [7, 11) is 0. The van der Waals surface area contributed by atoms with Gasteiger partial charge in [-0.25, -0.2) is 0 Å². The predicted molar refractivity (Wildman–Crippen MR) is 67.4 cm³/mol. The molecule has 0 bridgehead atoms. The van der Waals surface area contributed by atoms with Crippen molar-refractivity contribution in [1.29, 1.82) is 0 Å². The third-order valence-electron chi connectivity index (χ3n) is 3.41. The fourth-order valence-corrected chi connectivity index (χ4v) is 2.71. The molecule has 1 amide bonds. The zero-order valence-electron chi connectivity index (χ0n) is 10.1. The van der Waals surface area contributed by atoms with E-state index in [1.807, 2.05) is 6.92 Å². The SMILES string of the molecule is Cc1ccc(C(=O)NC2(CCl)CCCCC2)o1. The highest BCUT2D eigenvalue weighted by molar-refractivity contribution is 6.18. The first kappa shape index (κ1) is 12.5. The van der Waals surface area contributed by atoms with Crippen LogP contribution in [0.3, 0.4) is 0 Å². The summed E-state index contributed by atoms with van der Waals surface area (Å²) < 4.78 is 5.32. The molecule has 0 aliphatic heterocycles. The molecule has 0 atom stereocenters. The molecule has 2 rings (SSSR count). The summed E-state index contributed by atoms with van der Waals surface area (Å²) >= 11 is 6.03. The summed E-state index contributed by atoms with van der Waals surface area (Å²) in [5.74, 6) is 1.44. The van der Waals surface area contributed by atoms with Gasteiger partial charge in [-0.05, 0) is 31.9 Å². The monoisotopic (exact) mass is 255 g/mol. The van der Waals surface area contributed by atoms with Crippen molar-refractivity contribution in [2.24, 2.45) is 0 Å². The van der Waals surface area contributed by atoms with Crippen molar-refractivity contribution in [3.63, 3.8) is 0 Å². The van der Waals surface area contributed by atoms with Gasteiger partial charge in [0.25, 0.3) is 5.91 Å². The van der Waals surface area contributed by atoms with Crippen LogP contribution in [0, 0.1) is 6.92 Å². The number of carbonyl (C=O) groups excluding carboxylic acids is 1. The van der Waals surface area contributed by atoms with Crippen molar-refractivity contribution in [3.05, 3.63) is 23.7 Å². The van der Waals surface area contributed by atoms with Crippen LogP contribution in [0.2, 0.25) is 0 Å². The Kier molecular flexibility index (Phi) is 3.77. The summed E-state index contributed by atoms with van der Waals surface area (Å²) in [5.41, 5.74) is -0.239. The van der Waals surface area contributed by atoms with Gasteiger partial charge in [-0.3, -0.25) is 4.79 Å². The molecule has 1 aromatic rings. The Labute approximate surface area is 107 Å². The molecule has 0 aromatic carbocycles. The number of hydrogen-bond acceptors (Lipinski definition) is 2. The molecule has 1 aromatic heterocycles. The average molecular weight is 256 g/mol. The van der Waals surface area contributed by atoms with Crippen LogP contribution in [0.5, 0.6) is 0 Å². The summed E-state index contributed by atoms with van der Waals surface area (Å²) in [6.07, 6.45) is 5.41. The maximum absolute atomic E-state index is 12.0. The topological polar surface area (TPSA) is 42.2 Å². The van der Waals surface area contributed by atoms with Crippen LogP contribution in [0.1, 0.15) is 48.4 Å². The summed E-state index contributed by atoms with van der Waals surface area (Å²) in [4.78, 5) is 12.0. The van der Waals surface area contributed by atoms with E-state index in [-0.39, 0.29) is 11.4 Å². The lowest BCUT2D eigenvalue weighted by Gasteiger charge is -2.36. The molecule has 4 heteroatoms. The zero-order chi connectivity index (χ0) is 12.3. The molecule has 1 aliphatic carbocycles. The van der Waals surface area contributed by atoms with Crippen molar-refractivity contribution >= 4 is 17.5 Å². The molecule has 94 valence electrons. The third kappa shape index (κ3) is 2.83. The average Bonchev–Trinajstić information content (AvgIpc) is 2.77. The molecular formula is C13H18ClNO2. The molecule has 1 fully saturated rings. The Morgan fingerprint density at radius 1 is 1.41 bits per heavy atom. The molecule has 1 saturated carbocycles. The lowest BCUT2D eigenvalue weighted by molar-refractivity contribution is 0.0855. The number of alkyl halides is 1. The molecule has 0 radical (unpaired) electrons. The quantitative estimate of drug-likeness (QED) is 0.843. The Morgan fingerprint density at radius 2 is 2.12 bits per heavy atom. The highest BCUT2D eigenvalue weighted by Gasteiger charge is 2.33. The first-order valence-corrected chi connectivity index (χ1v) is 6.64. The first-order valence-electron chi connectivity index (χ1n) is 6.10.